The van der Waals surface area contributed by atoms with E-state index in [1.807, 2.05) is 12.1 Å². The Bertz CT molecular complexity index is 395. The minimum atomic E-state index is -0.406. The number of benzene rings is 1. The predicted octanol–water partition coefficient (Wildman–Crippen LogP) is 1.35. The molecule has 0 atom stereocenters. The molecule has 1 aliphatic heterocycles. The van der Waals surface area contributed by atoms with Crippen LogP contribution in [0.1, 0.15) is 18.4 Å². The van der Waals surface area contributed by atoms with Crippen LogP contribution < -0.4 is 0 Å². The van der Waals surface area contributed by atoms with Crippen LogP contribution in [0.5, 0.6) is 5.75 Å². The highest BCUT2D eigenvalue weighted by Gasteiger charge is 2.51. The first kappa shape index (κ1) is 10.1. The van der Waals surface area contributed by atoms with Crippen LogP contribution >= 0.6 is 0 Å². The molecule has 0 unspecified atom stereocenters. The Morgan fingerprint density at radius 3 is 2.69 bits per heavy atom. The molecule has 0 bridgehead atoms. The monoisotopic (exact) mass is 219 g/mol. The van der Waals surface area contributed by atoms with Crippen molar-refractivity contribution in [1.29, 1.82) is 0 Å². The molecule has 2 N–H and O–H groups in total. The zero-order chi connectivity index (χ0) is 11.2. The Morgan fingerprint density at radius 2 is 2.06 bits per heavy atom. The van der Waals surface area contributed by atoms with Crippen LogP contribution in [0, 0.1) is 5.92 Å². The summed E-state index contributed by atoms with van der Waals surface area (Å²) < 4.78 is 0. The van der Waals surface area contributed by atoms with E-state index in [1.54, 1.807) is 12.1 Å². The van der Waals surface area contributed by atoms with E-state index in [4.69, 9.17) is 0 Å². The van der Waals surface area contributed by atoms with Crippen molar-refractivity contribution >= 4 is 0 Å². The lowest BCUT2D eigenvalue weighted by atomic mass is 9.88. The van der Waals surface area contributed by atoms with Crippen molar-refractivity contribution in [3.63, 3.8) is 0 Å². The lowest BCUT2D eigenvalue weighted by Gasteiger charge is -2.47. The smallest absolute Gasteiger partial charge is 0.115 e. The average Bonchev–Trinajstić information content (AvgIpc) is 2.98. The molecule has 86 valence electrons. The number of aliphatic hydroxyl groups is 1. The fraction of sp³-hybridized carbons (Fsp3) is 0.538. The second kappa shape index (κ2) is 3.47. The number of hydrogen-bond donors (Lipinski definition) is 2. The molecular formula is C13H17NO2. The van der Waals surface area contributed by atoms with Gasteiger partial charge in [0.15, 0.2) is 0 Å². The molecule has 0 amide bonds. The molecule has 1 saturated heterocycles. The lowest BCUT2D eigenvalue weighted by Crippen LogP contribution is -2.62. The van der Waals surface area contributed by atoms with Gasteiger partial charge in [0.25, 0.3) is 0 Å². The Hall–Kier alpha value is -1.06. The van der Waals surface area contributed by atoms with Gasteiger partial charge in [0.05, 0.1) is 5.60 Å². The van der Waals surface area contributed by atoms with Gasteiger partial charge in [-0.05, 0) is 36.5 Å². The molecule has 0 spiro atoms. The van der Waals surface area contributed by atoms with Crippen molar-refractivity contribution < 1.29 is 10.2 Å². The number of nitrogens with zero attached hydrogens (tertiary/aromatic N) is 1. The second-order valence-corrected chi connectivity index (χ2v) is 5.19. The molecular weight excluding hydrogens is 202 g/mol. The maximum atomic E-state index is 10.2. The fourth-order valence-corrected chi connectivity index (χ4v) is 2.63. The average molecular weight is 219 g/mol. The molecule has 1 aliphatic carbocycles. The summed E-state index contributed by atoms with van der Waals surface area (Å²) in [4.78, 5) is 2.23. The number of aromatic hydroxyl groups is 1. The van der Waals surface area contributed by atoms with E-state index >= 15 is 0 Å². The summed E-state index contributed by atoms with van der Waals surface area (Å²) in [5.74, 6) is 0.864. The lowest BCUT2D eigenvalue weighted by molar-refractivity contribution is -0.116. The third kappa shape index (κ3) is 1.81. The number of hydrogen-bond acceptors (Lipinski definition) is 3. The molecule has 2 fully saturated rings. The van der Waals surface area contributed by atoms with Gasteiger partial charge in [0.2, 0.25) is 0 Å². The normalized spacial score (nSPS) is 24.1. The van der Waals surface area contributed by atoms with Crippen molar-refractivity contribution in [2.75, 3.05) is 13.1 Å². The summed E-state index contributed by atoms with van der Waals surface area (Å²) in [5, 5.41) is 19.5. The van der Waals surface area contributed by atoms with Crippen molar-refractivity contribution in [2.24, 2.45) is 5.92 Å². The van der Waals surface area contributed by atoms with Crippen molar-refractivity contribution in [1.82, 2.24) is 4.90 Å². The first-order chi connectivity index (χ1) is 7.66. The van der Waals surface area contributed by atoms with Gasteiger partial charge >= 0.3 is 0 Å². The van der Waals surface area contributed by atoms with Crippen LogP contribution in [0.25, 0.3) is 0 Å². The number of rotatable bonds is 3. The largest absolute Gasteiger partial charge is 0.508 e. The quantitative estimate of drug-likeness (QED) is 0.806. The molecule has 16 heavy (non-hydrogen) atoms. The van der Waals surface area contributed by atoms with Crippen LogP contribution in [0.4, 0.5) is 0 Å². The molecule has 1 aromatic carbocycles. The van der Waals surface area contributed by atoms with Crippen LogP contribution in [0.15, 0.2) is 24.3 Å². The molecule has 1 heterocycles. The second-order valence-electron chi connectivity index (χ2n) is 5.19. The van der Waals surface area contributed by atoms with E-state index in [1.165, 1.54) is 12.8 Å². The third-order valence-electron chi connectivity index (χ3n) is 3.65. The highest BCUT2D eigenvalue weighted by molar-refractivity contribution is 5.27. The topological polar surface area (TPSA) is 43.7 Å². The van der Waals surface area contributed by atoms with Gasteiger partial charge in [-0.15, -0.1) is 0 Å². The first-order valence-electron chi connectivity index (χ1n) is 5.88. The van der Waals surface area contributed by atoms with Crippen LogP contribution in [0.2, 0.25) is 0 Å². The van der Waals surface area contributed by atoms with Gasteiger partial charge in [-0.3, -0.25) is 4.90 Å². The zero-order valence-corrected chi connectivity index (χ0v) is 9.26. The van der Waals surface area contributed by atoms with Gasteiger partial charge in [-0.1, -0.05) is 12.1 Å². The number of phenolic OH excluding ortho intramolecular Hbond substituents is 1. The predicted molar refractivity (Wildman–Crippen MR) is 61.1 cm³/mol. The molecule has 1 aromatic rings. The Labute approximate surface area is 95.3 Å². The number of likely N-dealkylation sites (tertiary alicyclic amines) is 1. The summed E-state index contributed by atoms with van der Waals surface area (Å²) >= 11 is 0. The van der Waals surface area contributed by atoms with Gasteiger partial charge < -0.3 is 10.2 Å². The molecule has 3 nitrogen and oxygen atoms in total. The summed E-state index contributed by atoms with van der Waals surface area (Å²) in [6.07, 6.45) is 2.38. The molecule has 1 saturated carbocycles. The van der Waals surface area contributed by atoms with Gasteiger partial charge in [0.1, 0.15) is 5.75 Å². The maximum absolute atomic E-state index is 10.2. The first-order valence-corrected chi connectivity index (χ1v) is 5.88. The molecule has 3 rings (SSSR count). The third-order valence-corrected chi connectivity index (χ3v) is 3.65. The molecule has 3 heteroatoms. The van der Waals surface area contributed by atoms with E-state index < -0.39 is 5.60 Å². The van der Waals surface area contributed by atoms with Crippen molar-refractivity contribution in [3.8, 4) is 5.75 Å². The fourth-order valence-electron chi connectivity index (χ4n) is 2.63. The SMILES string of the molecule is Oc1cccc(CN2CC(O)(C3CC3)C2)c1. The highest BCUT2D eigenvalue weighted by Crippen LogP contribution is 2.44. The molecule has 0 radical (unpaired) electrons. The van der Waals surface area contributed by atoms with E-state index in [-0.39, 0.29) is 0 Å². The zero-order valence-electron chi connectivity index (χ0n) is 9.26. The summed E-state index contributed by atoms with van der Waals surface area (Å²) in [7, 11) is 0. The number of β-amino-alcohol motifs (C(OH)–C–C–N with tert-alkyl or cyclic N) is 1. The molecule has 0 aromatic heterocycles. The Kier molecular flexibility index (Phi) is 2.19. The van der Waals surface area contributed by atoms with Crippen LogP contribution in [-0.4, -0.2) is 33.8 Å². The van der Waals surface area contributed by atoms with E-state index in [0.29, 0.717) is 11.7 Å². The van der Waals surface area contributed by atoms with E-state index in [0.717, 1.165) is 25.2 Å². The number of phenols is 1. The standard InChI is InChI=1S/C13H17NO2/c15-12-3-1-2-10(6-12)7-14-8-13(16,9-14)11-4-5-11/h1-3,6,11,15-16H,4-5,7-9H2. The summed E-state index contributed by atoms with van der Waals surface area (Å²) in [5.41, 5.74) is 0.703. The van der Waals surface area contributed by atoms with Crippen molar-refractivity contribution in [3.05, 3.63) is 29.8 Å². The van der Waals surface area contributed by atoms with Crippen LogP contribution in [0.3, 0.4) is 0 Å². The Balaban J connectivity index is 1.58. The van der Waals surface area contributed by atoms with Gasteiger partial charge in [-0.25, -0.2) is 0 Å². The Morgan fingerprint density at radius 1 is 1.31 bits per heavy atom. The highest BCUT2D eigenvalue weighted by atomic mass is 16.3. The van der Waals surface area contributed by atoms with E-state index in [9.17, 15) is 10.2 Å². The minimum Gasteiger partial charge on any atom is -0.508 e. The minimum absolute atomic E-state index is 0.315. The van der Waals surface area contributed by atoms with Gasteiger partial charge in [0, 0.05) is 19.6 Å². The molecule has 2 aliphatic rings. The van der Waals surface area contributed by atoms with Gasteiger partial charge in [-0.2, -0.15) is 0 Å². The van der Waals surface area contributed by atoms with E-state index in [2.05, 4.69) is 4.90 Å². The summed E-state index contributed by atoms with van der Waals surface area (Å²) in [6.45, 7) is 2.39. The van der Waals surface area contributed by atoms with Crippen LogP contribution in [-0.2, 0) is 6.54 Å². The van der Waals surface area contributed by atoms with Crippen molar-refractivity contribution in [2.45, 2.75) is 25.0 Å². The summed E-state index contributed by atoms with van der Waals surface area (Å²) in [6, 6.07) is 7.33. The maximum Gasteiger partial charge on any atom is 0.115 e.